The van der Waals surface area contributed by atoms with E-state index in [1.54, 1.807) is 0 Å². The van der Waals surface area contributed by atoms with E-state index in [0.29, 0.717) is 5.56 Å². The minimum absolute atomic E-state index is 0.0294. The van der Waals surface area contributed by atoms with Crippen LogP contribution < -0.4 is 26.5 Å². The van der Waals surface area contributed by atoms with E-state index in [2.05, 4.69) is 9.47 Å². The molecule has 8 nitrogen and oxygen atoms in total. The Hall–Kier alpha value is -1.60. The highest BCUT2D eigenvalue weighted by Crippen LogP contribution is 2.50. The maximum atomic E-state index is 12.9. The third-order valence-electron chi connectivity index (χ3n) is 3.04. The molecule has 2 aromatic rings. The molecule has 17 heteroatoms. The smallest absolute Gasteiger partial charge is 0.421 e. The van der Waals surface area contributed by atoms with Crippen molar-refractivity contribution in [3.05, 3.63) is 54.2 Å². The molecule has 1 aromatic heterocycles. The summed E-state index contributed by atoms with van der Waals surface area (Å²) < 4.78 is 59.4. The number of benzene rings is 1. The molecule has 3 rings (SSSR count). The first kappa shape index (κ1) is 23.7. The summed E-state index contributed by atoms with van der Waals surface area (Å²) in [5, 5.41) is -0.270. The van der Waals surface area contributed by atoms with Gasteiger partial charge in [-0.25, -0.2) is 14.4 Å². The number of aromatic nitrogens is 3. The van der Waals surface area contributed by atoms with Gasteiger partial charge in [-0.2, -0.15) is 17.6 Å². The number of hydrogen-bond donors (Lipinski definition) is 0. The van der Waals surface area contributed by atoms with Crippen LogP contribution in [0.15, 0.2) is 26.5 Å². The average Bonchev–Trinajstić information content (AvgIpc) is 2.65. The highest BCUT2D eigenvalue weighted by atomic mass is 35.5. The first-order valence-electron chi connectivity index (χ1n) is 6.75. The molecule has 0 unspecified atom stereocenters. The first-order valence-corrected chi connectivity index (χ1v) is 8.67. The molecule has 1 aliphatic rings. The number of fused-ring (bicyclic) bond motifs is 1. The molecule has 0 spiro atoms. The largest absolute Gasteiger partial charge is 0.507 e. The number of alkyl halides is 5. The summed E-state index contributed by atoms with van der Waals surface area (Å²) >= 11 is 26.4. The molecule has 0 radical (unpaired) electrons. The van der Waals surface area contributed by atoms with E-state index >= 15 is 0 Å². The van der Waals surface area contributed by atoms with Crippen LogP contribution in [0.25, 0.3) is 0 Å². The van der Waals surface area contributed by atoms with Gasteiger partial charge in [0, 0.05) is 41.2 Å². The standard InChI is InChI=1S/C9H4Cl2F4O2.C3Cl3N3O3/c10-3-4-1-5(11)7-6(2-4)16-8(12,13)9(14,15)17-7;4-7-1(10)8(5)3(12)9(6)2(7)11/h1-2H,3H2;. The van der Waals surface area contributed by atoms with Gasteiger partial charge < -0.3 is 9.47 Å². The van der Waals surface area contributed by atoms with Gasteiger partial charge in [-0.1, -0.05) is 11.6 Å². The summed E-state index contributed by atoms with van der Waals surface area (Å²) in [6, 6.07) is 2.30. The zero-order chi connectivity index (χ0) is 22.3. The van der Waals surface area contributed by atoms with Crippen molar-refractivity contribution in [3.63, 3.8) is 0 Å². The highest BCUT2D eigenvalue weighted by molar-refractivity contribution is 6.32. The van der Waals surface area contributed by atoms with E-state index in [-0.39, 0.29) is 23.2 Å². The quantitative estimate of drug-likeness (QED) is 0.424. The van der Waals surface area contributed by atoms with Gasteiger partial charge in [0.15, 0.2) is 11.5 Å². The minimum atomic E-state index is -4.77. The molecule has 2 heterocycles. The van der Waals surface area contributed by atoms with Crippen LogP contribution in [0.4, 0.5) is 17.6 Å². The van der Waals surface area contributed by atoms with E-state index in [1.165, 1.54) is 6.07 Å². The molecule has 0 bridgehead atoms. The molecule has 0 amide bonds. The van der Waals surface area contributed by atoms with E-state index in [0.717, 1.165) is 6.07 Å². The molecule has 1 aromatic carbocycles. The summed E-state index contributed by atoms with van der Waals surface area (Å²) in [7, 11) is 0. The molecular formula is C12H4Cl5F4N3O5. The van der Waals surface area contributed by atoms with Gasteiger partial charge in [-0.3, -0.25) is 0 Å². The molecule has 160 valence electrons. The molecule has 0 fully saturated rings. The van der Waals surface area contributed by atoms with Crippen molar-refractivity contribution in [2.45, 2.75) is 18.1 Å². The van der Waals surface area contributed by atoms with Crippen LogP contribution >= 0.6 is 58.5 Å². The van der Waals surface area contributed by atoms with Gasteiger partial charge in [-0.15, -0.1) is 23.9 Å². The van der Waals surface area contributed by atoms with Crippen molar-refractivity contribution in [3.8, 4) is 11.5 Å². The predicted molar refractivity (Wildman–Crippen MR) is 95.1 cm³/mol. The number of hydrogen-bond acceptors (Lipinski definition) is 5. The predicted octanol–water partition coefficient (Wildman–Crippen LogP) is 3.21. The Bertz CT molecular complexity index is 1030. The van der Waals surface area contributed by atoms with Crippen LogP contribution in [-0.4, -0.2) is 24.5 Å². The fourth-order valence-corrected chi connectivity index (χ4v) is 2.73. The Kier molecular flexibility index (Phi) is 6.75. The van der Waals surface area contributed by atoms with Crippen LogP contribution in [0, 0.1) is 0 Å². The van der Waals surface area contributed by atoms with Crippen molar-refractivity contribution in [1.29, 1.82) is 0 Å². The maximum Gasteiger partial charge on any atom is 0.507 e. The van der Waals surface area contributed by atoms with Crippen molar-refractivity contribution < 1.29 is 27.0 Å². The average molecular weight is 523 g/mol. The Morgan fingerprint density at radius 3 is 1.66 bits per heavy atom. The fraction of sp³-hybridized carbons (Fsp3) is 0.250. The van der Waals surface area contributed by atoms with Gasteiger partial charge in [-0.05, 0) is 17.7 Å². The second-order valence-electron chi connectivity index (χ2n) is 4.97. The highest BCUT2D eigenvalue weighted by Gasteiger charge is 2.66. The summed E-state index contributed by atoms with van der Waals surface area (Å²) in [6.45, 7) is 0. The zero-order valence-corrected chi connectivity index (χ0v) is 16.9. The van der Waals surface area contributed by atoms with Gasteiger partial charge in [0.1, 0.15) is 0 Å². The molecular weight excluding hydrogens is 519 g/mol. The molecule has 1 aliphatic heterocycles. The number of ether oxygens (including phenoxy) is 2. The van der Waals surface area contributed by atoms with Gasteiger partial charge in [0.25, 0.3) is 0 Å². The van der Waals surface area contributed by atoms with E-state index in [9.17, 15) is 31.9 Å². The zero-order valence-electron chi connectivity index (χ0n) is 13.1. The lowest BCUT2D eigenvalue weighted by Crippen LogP contribution is -2.52. The second kappa shape index (κ2) is 8.26. The molecule has 29 heavy (non-hydrogen) atoms. The number of rotatable bonds is 1. The lowest BCUT2D eigenvalue weighted by atomic mass is 10.2. The summed E-state index contributed by atoms with van der Waals surface area (Å²) in [6.07, 6.45) is -9.53. The van der Waals surface area contributed by atoms with Crippen LogP contribution in [0.3, 0.4) is 0 Å². The Morgan fingerprint density at radius 1 is 0.828 bits per heavy atom. The Balaban J connectivity index is 0.000000221. The topological polar surface area (TPSA) is 84.5 Å². The van der Waals surface area contributed by atoms with E-state index < -0.39 is 40.8 Å². The van der Waals surface area contributed by atoms with Crippen LogP contribution in [0.2, 0.25) is 5.02 Å². The summed E-state index contributed by atoms with van der Waals surface area (Å²) in [4.78, 5) is 32.3. The molecule has 0 saturated carbocycles. The lowest BCUT2D eigenvalue weighted by Gasteiger charge is -2.32. The van der Waals surface area contributed by atoms with Gasteiger partial charge >= 0.3 is 29.3 Å². The Morgan fingerprint density at radius 2 is 1.24 bits per heavy atom. The minimum Gasteiger partial charge on any atom is -0.421 e. The van der Waals surface area contributed by atoms with E-state index in [1.807, 2.05) is 0 Å². The number of halogens is 9. The molecule has 0 aliphatic carbocycles. The molecule has 0 atom stereocenters. The third kappa shape index (κ3) is 4.45. The van der Waals surface area contributed by atoms with Gasteiger partial charge in [0.05, 0.1) is 5.02 Å². The van der Waals surface area contributed by atoms with Crippen LogP contribution in [0.5, 0.6) is 11.5 Å². The number of nitrogens with zero attached hydrogens (tertiary/aromatic N) is 3. The monoisotopic (exact) mass is 521 g/mol. The van der Waals surface area contributed by atoms with E-state index in [4.69, 9.17) is 58.5 Å². The van der Waals surface area contributed by atoms with Crippen molar-refractivity contribution >= 4 is 58.5 Å². The second-order valence-corrected chi connectivity index (χ2v) is 6.66. The normalized spacial score (nSPS) is 16.0. The summed E-state index contributed by atoms with van der Waals surface area (Å²) in [5.74, 6) is -1.22. The van der Waals surface area contributed by atoms with Crippen LogP contribution in [0.1, 0.15) is 5.56 Å². The molecule has 0 saturated heterocycles. The lowest BCUT2D eigenvalue weighted by molar-refractivity contribution is -0.391. The summed E-state index contributed by atoms with van der Waals surface area (Å²) in [5.41, 5.74) is -3.14. The van der Waals surface area contributed by atoms with Crippen molar-refractivity contribution in [2.75, 3.05) is 0 Å². The van der Waals surface area contributed by atoms with Gasteiger partial charge in [0.2, 0.25) is 0 Å². The van der Waals surface area contributed by atoms with Crippen LogP contribution in [-0.2, 0) is 5.88 Å². The SMILES string of the molecule is FC1(F)Oc2cc(CCl)cc(Cl)c2OC1(F)F.O=c1n(Cl)c(=O)n(Cl)c(=O)n1Cl. The third-order valence-corrected chi connectivity index (χ3v) is 4.50. The molecule has 0 N–H and O–H groups in total. The maximum absolute atomic E-state index is 12.9. The fourth-order valence-electron chi connectivity index (χ4n) is 1.74. The van der Waals surface area contributed by atoms with Crippen molar-refractivity contribution in [1.82, 2.24) is 12.3 Å². The Labute approximate surface area is 181 Å². The van der Waals surface area contributed by atoms with Crippen molar-refractivity contribution in [2.24, 2.45) is 0 Å². The first-order chi connectivity index (χ1) is 13.2.